The Hall–Kier alpha value is 0.137. The molecule has 0 bridgehead atoms. The highest BCUT2D eigenvalue weighted by molar-refractivity contribution is 6.54. The van der Waals surface area contributed by atoms with Gasteiger partial charge >= 0.3 is 0 Å². The van der Waals surface area contributed by atoms with Crippen molar-refractivity contribution in [3.63, 3.8) is 0 Å². The Labute approximate surface area is 78.0 Å². The van der Waals surface area contributed by atoms with E-state index in [2.05, 4.69) is 27.7 Å². The molecule has 0 spiro atoms. The number of hydrogen-bond acceptors (Lipinski definition) is 2. The summed E-state index contributed by atoms with van der Waals surface area (Å²) in [7, 11) is -1.04. The smallest absolute Gasteiger partial charge is 0.185 e. The maximum absolute atomic E-state index is 5.72. The van der Waals surface area contributed by atoms with Gasteiger partial charge < -0.3 is 9.16 Å². The second-order valence-electron chi connectivity index (χ2n) is 3.73. The normalized spacial score (nSPS) is 12.0. The van der Waals surface area contributed by atoms with E-state index in [1.165, 1.54) is 0 Å². The number of ether oxygens (including phenoxy) is 1. The molecule has 2 nitrogen and oxygen atoms in total. The van der Waals surface area contributed by atoms with Crippen molar-refractivity contribution in [1.82, 2.24) is 0 Å². The topological polar surface area (TPSA) is 18.5 Å². The lowest BCUT2D eigenvalue weighted by Crippen LogP contribution is -2.26. The zero-order valence-electron chi connectivity index (χ0n) is 8.96. The second kappa shape index (κ2) is 6.63. The third-order valence-corrected chi connectivity index (χ3v) is 5.01. The van der Waals surface area contributed by atoms with Gasteiger partial charge in [-0.2, -0.15) is 0 Å². The van der Waals surface area contributed by atoms with E-state index >= 15 is 0 Å². The summed E-state index contributed by atoms with van der Waals surface area (Å²) >= 11 is 0. The lowest BCUT2D eigenvalue weighted by molar-refractivity contribution is 0.0180. The van der Waals surface area contributed by atoms with E-state index in [1.54, 1.807) is 0 Å². The average Bonchev–Trinajstić information content (AvgIpc) is 1.96. The van der Waals surface area contributed by atoms with Crippen molar-refractivity contribution in [2.75, 3.05) is 13.4 Å². The number of rotatable bonds is 6. The molecule has 3 heteroatoms. The molecule has 0 radical (unpaired) electrons. The lowest BCUT2D eigenvalue weighted by Gasteiger charge is -2.22. The van der Waals surface area contributed by atoms with Gasteiger partial charge in [0.05, 0.1) is 0 Å². The summed E-state index contributed by atoms with van der Waals surface area (Å²) in [4.78, 5) is 0. The van der Waals surface area contributed by atoms with Crippen LogP contribution in [-0.2, 0) is 9.16 Å². The van der Waals surface area contributed by atoms with E-state index in [-0.39, 0.29) is 0 Å². The van der Waals surface area contributed by atoms with E-state index in [9.17, 15) is 0 Å². The van der Waals surface area contributed by atoms with Crippen LogP contribution in [0.25, 0.3) is 0 Å². The van der Waals surface area contributed by atoms with Gasteiger partial charge in [0.2, 0.25) is 0 Å². The summed E-state index contributed by atoms with van der Waals surface area (Å²) in [5.41, 5.74) is 1.40. The van der Waals surface area contributed by atoms with Crippen molar-refractivity contribution in [3.8, 4) is 0 Å². The molecule has 0 aliphatic heterocycles. The third-order valence-electron chi connectivity index (χ3n) is 1.86. The summed E-state index contributed by atoms with van der Waals surface area (Å²) in [5.74, 6) is 0. The first-order valence-corrected chi connectivity index (χ1v) is 6.59. The molecule has 0 aliphatic carbocycles. The third kappa shape index (κ3) is 4.90. The second-order valence-corrected chi connectivity index (χ2v) is 7.66. The van der Waals surface area contributed by atoms with Gasteiger partial charge in [0.25, 0.3) is 0 Å². The van der Waals surface area contributed by atoms with Crippen LogP contribution in [0.1, 0.15) is 34.6 Å². The van der Waals surface area contributed by atoms with Crippen LogP contribution in [0.3, 0.4) is 0 Å². The first-order valence-electron chi connectivity index (χ1n) is 4.78. The van der Waals surface area contributed by atoms with Gasteiger partial charge in [-0.1, -0.05) is 27.7 Å². The highest BCUT2D eigenvalue weighted by Crippen LogP contribution is 2.20. The molecule has 12 heavy (non-hydrogen) atoms. The van der Waals surface area contributed by atoms with Gasteiger partial charge in [0, 0.05) is 6.61 Å². The maximum atomic E-state index is 5.72. The summed E-state index contributed by atoms with van der Waals surface area (Å²) in [6.45, 7) is 12.2. The minimum absolute atomic E-state index is 0.490. The molecule has 0 saturated carbocycles. The fourth-order valence-electron chi connectivity index (χ4n) is 1.36. The predicted molar refractivity (Wildman–Crippen MR) is 54.9 cm³/mol. The first kappa shape index (κ1) is 12.1. The first-order chi connectivity index (χ1) is 5.59. The molecule has 0 unspecified atom stereocenters. The monoisotopic (exact) mass is 190 g/mol. The fourth-order valence-corrected chi connectivity index (χ4v) is 3.93. The van der Waals surface area contributed by atoms with E-state index in [0.29, 0.717) is 17.9 Å². The van der Waals surface area contributed by atoms with Gasteiger partial charge in [-0.05, 0) is 18.0 Å². The van der Waals surface area contributed by atoms with Crippen LogP contribution >= 0.6 is 0 Å². The lowest BCUT2D eigenvalue weighted by atomic mass is 10.5. The van der Waals surface area contributed by atoms with Crippen molar-refractivity contribution < 1.29 is 9.16 Å². The molecule has 74 valence electrons. The molecule has 0 aromatic rings. The Morgan fingerprint density at radius 2 is 1.58 bits per heavy atom. The molecule has 0 N–H and O–H groups in total. The zero-order chi connectivity index (χ0) is 9.56. The highest BCUT2D eigenvalue weighted by Gasteiger charge is 2.20. The molecule has 0 fully saturated rings. The number of hydrogen-bond donors (Lipinski definition) is 0. The van der Waals surface area contributed by atoms with Crippen LogP contribution in [0.4, 0.5) is 0 Å². The molecular weight excluding hydrogens is 168 g/mol. The van der Waals surface area contributed by atoms with Gasteiger partial charge in [-0.3, -0.25) is 0 Å². The molecule has 0 aromatic heterocycles. The molecule has 0 aliphatic rings. The van der Waals surface area contributed by atoms with Crippen LogP contribution in [0.2, 0.25) is 11.1 Å². The highest BCUT2D eigenvalue weighted by atomic mass is 28.3. The van der Waals surface area contributed by atoms with E-state index < -0.39 is 9.04 Å². The van der Waals surface area contributed by atoms with Crippen molar-refractivity contribution in [1.29, 1.82) is 0 Å². The molecule has 0 amide bonds. The molecule has 0 heterocycles. The van der Waals surface area contributed by atoms with Crippen molar-refractivity contribution >= 4 is 9.04 Å². The van der Waals surface area contributed by atoms with E-state index in [4.69, 9.17) is 9.16 Å². The standard InChI is InChI=1S/C9H22O2Si/c1-6-10-7-11-12(8(2)3)9(4)5/h8-9,12H,6-7H2,1-5H3. The van der Waals surface area contributed by atoms with Gasteiger partial charge in [0.15, 0.2) is 9.04 Å². The van der Waals surface area contributed by atoms with E-state index in [0.717, 1.165) is 6.61 Å². The Bertz CT molecular complexity index is 96.7. The fraction of sp³-hybridized carbons (Fsp3) is 1.00. The molecule has 0 saturated heterocycles. The average molecular weight is 190 g/mol. The molecule has 0 rings (SSSR count). The minimum atomic E-state index is -1.04. The molecule has 0 aromatic carbocycles. The van der Waals surface area contributed by atoms with Gasteiger partial charge in [-0.25, -0.2) is 0 Å². The van der Waals surface area contributed by atoms with Gasteiger partial charge in [-0.15, -0.1) is 0 Å². The Morgan fingerprint density at radius 3 is 1.92 bits per heavy atom. The Morgan fingerprint density at radius 1 is 1.08 bits per heavy atom. The minimum Gasteiger partial charge on any atom is -0.397 e. The Kier molecular flexibility index (Phi) is 6.71. The summed E-state index contributed by atoms with van der Waals surface area (Å²) in [6, 6.07) is 0. The predicted octanol–water partition coefficient (Wildman–Crippen LogP) is 2.54. The van der Waals surface area contributed by atoms with Crippen LogP contribution in [0.15, 0.2) is 0 Å². The SMILES string of the molecule is CCOCO[SiH](C(C)C)C(C)C. The largest absolute Gasteiger partial charge is 0.397 e. The van der Waals surface area contributed by atoms with Crippen LogP contribution in [0.5, 0.6) is 0 Å². The Balaban J connectivity index is 3.64. The van der Waals surface area contributed by atoms with Crippen molar-refractivity contribution in [2.45, 2.75) is 45.7 Å². The van der Waals surface area contributed by atoms with E-state index in [1.807, 2.05) is 6.92 Å². The quantitative estimate of drug-likeness (QED) is 0.364. The summed E-state index contributed by atoms with van der Waals surface area (Å²) in [6.07, 6.45) is 0. The van der Waals surface area contributed by atoms with Crippen LogP contribution in [0, 0.1) is 0 Å². The zero-order valence-corrected chi connectivity index (χ0v) is 10.1. The van der Waals surface area contributed by atoms with Crippen molar-refractivity contribution in [2.24, 2.45) is 0 Å². The summed E-state index contributed by atoms with van der Waals surface area (Å²) < 4.78 is 10.9. The van der Waals surface area contributed by atoms with Crippen LogP contribution in [-0.4, -0.2) is 22.4 Å². The summed E-state index contributed by atoms with van der Waals surface area (Å²) in [5, 5.41) is 0. The molecular formula is C9H22O2Si. The maximum Gasteiger partial charge on any atom is 0.185 e. The van der Waals surface area contributed by atoms with Crippen molar-refractivity contribution in [3.05, 3.63) is 0 Å². The molecule has 0 atom stereocenters. The van der Waals surface area contributed by atoms with Gasteiger partial charge in [0.1, 0.15) is 6.79 Å². The van der Waals surface area contributed by atoms with Crippen LogP contribution < -0.4 is 0 Å².